The second kappa shape index (κ2) is 4.36. The Bertz CT molecular complexity index is 430. The Morgan fingerprint density at radius 1 is 1.29 bits per heavy atom. The lowest BCUT2D eigenvalue weighted by Crippen LogP contribution is -2.37. The summed E-state index contributed by atoms with van der Waals surface area (Å²) in [7, 11) is 0. The number of rotatable bonds is 1. The maximum Gasteiger partial charge on any atom is 0.129 e. The van der Waals surface area contributed by atoms with E-state index < -0.39 is 5.60 Å². The normalized spacial score (nSPS) is 28.1. The first-order valence-corrected chi connectivity index (χ1v) is 6.80. The van der Waals surface area contributed by atoms with Crippen molar-refractivity contribution in [1.82, 2.24) is 0 Å². The monoisotopic (exact) mass is 300 g/mol. The van der Waals surface area contributed by atoms with E-state index >= 15 is 0 Å². The van der Waals surface area contributed by atoms with Crippen molar-refractivity contribution < 1.29 is 9.50 Å². The van der Waals surface area contributed by atoms with E-state index in [0.717, 1.165) is 17.3 Å². The molecule has 1 nitrogen and oxygen atoms in total. The zero-order valence-electron chi connectivity index (χ0n) is 10.3. The zero-order valence-corrected chi connectivity index (χ0v) is 11.8. The van der Waals surface area contributed by atoms with Crippen LogP contribution >= 0.6 is 15.9 Å². The van der Waals surface area contributed by atoms with Gasteiger partial charge in [-0.25, -0.2) is 4.39 Å². The fraction of sp³-hybridized carbons (Fsp3) is 0.571. The van der Waals surface area contributed by atoms with Crippen molar-refractivity contribution in [3.05, 3.63) is 34.1 Å². The SMILES string of the molecule is CC1(C)CCCC(O)(c2cc(Br)ccc2F)C1. The molecule has 17 heavy (non-hydrogen) atoms. The van der Waals surface area contributed by atoms with Gasteiger partial charge in [0.25, 0.3) is 0 Å². The minimum absolute atomic E-state index is 0.0712. The zero-order chi connectivity index (χ0) is 12.7. The molecule has 94 valence electrons. The molecule has 2 rings (SSSR count). The molecule has 1 fully saturated rings. The van der Waals surface area contributed by atoms with Crippen LogP contribution in [-0.4, -0.2) is 5.11 Å². The van der Waals surface area contributed by atoms with E-state index in [1.165, 1.54) is 6.07 Å². The Balaban J connectivity index is 2.40. The molecule has 0 saturated heterocycles. The Labute approximate surface area is 110 Å². The molecule has 1 saturated carbocycles. The highest BCUT2D eigenvalue weighted by atomic mass is 79.9. The Kier molecular flexibility index (Phi) is 3.34. The predicted molar refractivity (Wildman–Crippen MR) is 70.2 cm³/mol. The summed E-state index contributed by atoms with van der Waals surface area (Å²) in [5, 5.41) is 10.7. The van der Waals surface area contributed by atoms with Crippen LogP contribution in [0.5, 0.6) is 0 Å². The van der Waals surface area contributed by atoms with Crippen molar-refractivity contribution in [2.75, 3.05) is 0 Å². The molecule has 0 bridgehead atoms. The first kappa shape index (κ1) is 13.0. The van der Waals surface area contributed by atoms with Crippen molar-refractivity contribution in [3.8, 4) is 0 Å². The average Bonchev–Trinajstić information content (AvgIpc) is 2.19. The van der Waals surface area contributed by atoms with Gasteiger partial charge in [0.2, 0.25) is 0 Å². The Morgan fingerprint density at radius 2 is 2.00 bits per heavy atom. The minimum Gasteiger partial charge on any atom is -0.385 e. The van der Waals surface area contributed by atoms with E-state index in [1.807, 2.05) is 0 Å². The van der Waals surface area contributed by atoms with Gasteiger partial charge in [0.1, 0.15) is 5.82 Å². The van der Waals surface area contributed by atoms with E-state index in [-0.39, 0.29) is 11.2 Å². The third kappa shape index (κ3) is 2.71. The first-order valence-electron chi connectivity index (χ1n) is 6.00. The summed E-state index contributed by atoms with van der Waals surface area (Å²) in [6.07, 6.45) is 3.29. The smallest absolute Gasteiger partial charge is 0.129 e. The molecule has 0 aliphatic heterocycles. The molecule has 1 atom stereocenters. The van der Waals surface area contributed by atoms with Crippen LogP contribution in [0.4, 0.5) is 4.39 Å². The summed E-state index contributed by atoms with van der Waals surface area (Å²) in [6, 6.07) is 4.78. The van der Waals surface area contributed by atoms with Gasteiger partial charge < -0.3 is 5.11 Å². The number of benzene rings is 1. The molecule has 1 aliphatic carbocycles. The number of halogens is 2. The van der Waals surface area contributed by atoms with E-state index in [4.69, 9.17) is 0 Å². The van der Waals surface area contributed by atoms with Crippen LogP contribution in [0.1, 0.15) is 45.1 Å². The quantitative estimate of drug-likeness (QED) is 0.816. The van der Waals surface area contributed by atoms with Crippen LogP contribution in [0.15, 0.2) is 22.7 Å². The number of hydrogen-bond acceptors (Lipinski definition) is 1. The van der Waals surface area contributed by atoms with Gasteiger partial charge in [0.15, 0.2) is 0 Å². The van der Waals surface area contributed by atoms with Crippen LogP contribution in [-0.2, 0) is 5.60 Å². The lowest BCUT2D eigenvalue weighted by Gasteiger charge is -2.42. The van der Waals surface area contributed by atoms with Crippen LogP contribution in [0, 0.1) is 11.2 Å². The molecule has 1 aliphatic rings. The highest BCUT2D eigenvalue weighted by molar-refractivity contribution is 9.10. The van der Waals surface area contributed by atoms with Crippen LogP contribution in [0.3, 0.4) is 0 Å². The summed E-state index contributed by atoms with van der Waals surface area (Å²) in [4.78, 5) is 0. The molecule has 1 unspecified atom stereocenters. The summed E-state index contributed by atoms with van der Waals surface area (Å²) < 4.78 is 14.7. The highest BCUT2D eigenvalue weighted by Gasteiger charge is 2.41. The maximum atomic E-state index is 13.9. The molecular formula is C14H18BrFO. The van der Waals surface area contributed by atoms with E-state index in [1.54, 1.807) is 12.1 Å². The van der Waals surface area contributed by atoms with Gasteiger partial charge in [-0.3, -0.25) is 0 Å². The number of hydrogen-bond donors (Lipinski definition) is 1. The van der Waals surface area contributed by atoms with Gasteiger partial charge >= 0.3 is 0 Å². The van der Waals surface area contributed by atoms with Crippen LogP contribution in [0.25, 0.3) is 0 Å². The third-order valence-corrected chi connectivity index (χ3v) is 4.14. The summed E-state index contributed by atoms with van der Waals surface area (Å²) >= 11 is 3.34. The van der Waals surface area contributed by atoms with Crippen molar-refractivity contribution in [2.24, 2.45) is 5.41 Å². The van der Waals surface area contributed by atoms with Crippen LogP contribution in [0.2, 0.25) is 0 Å². The molecule has 0 spiro atoms. The highest BCUT2D eigenvalue weighted by Crippen LogP contribution is 2.47. The van der Waals surface area contributed by atoms with Crippen molar-refractivity contribution in [2.45, 2.75) is 45.1 Å². The van der Waals surface area contributed by atoms with Gasteiger partial charge in [-0.05, 0) is 49.3 Å². The molecule has 0 aromatic heterocycles. The van der Waals surface area contributed by atoms with Crippen molar-refractivity contribution in [1.29, 1.82) is 0 Å². The van der Waals surface area contributed by atoms with E-state index in [9.17, 15) is 9.50 Å². The van der Waals surface area contributed by atoms with Crippen molar-refractivity contribution in [3.63, 3.8) is 0 Å². The van der Waals surface area contributed by atoms with Gasteiger partial charge in [-0.1, -0.05) is 29.8 Å². The molecule has 3 heteroatoms. The Morgan fingerprint density at radius 3 is 2.65 bits per heavy atom. The van der Waals surface area contributed by atoms with Gasteiger partial charge in [0, 0.05) is 10.0 Å². The van der Waals surface area contributed by atoms with Crippen LogP contribution < -0.4 is 0 Å². The first-order chi connectivity index (χ1) is 7.82. The lowest BCUT2D eigenvalue weighted by molar-refractivity contribution is -0.0465. The van der Waals surface area contributed by atoms with Gasteiger partial charge in [-0.2, -0.15) is 0 Å². The second-order valence-corrected chi connectivity index (χ2v) is 6.77. The topological polar surface area (TPSA) is 20.2 Å². The second-order valence-electron chi connectivity index (χ2n) is 5.85. The molecule has 1 aromatic rings. The summed E-state index contributed by atoms with van der Waals surface area (Å²) in [5.41, 5.74) is -0.517. The van der Waals surface area contributed by atoms with E-state index in [0.29, 0.717) is 18.4 Å². The summed E-state index contributed by atoms with van der Waals surface area (Å²) in [5.74, 6) is -0.312. The third-order valence-electron chi connectivity index (χ3n) is 3.64. The fourth-order valence-electron chi connectivity index (χ4n) is 2.91. The van der Waals surface area contributed by atoms with Gasteiger partial charge in [0.05, 0.1) is 5.60 Å². The molecule has 0 radical (unpaired) electrons. The largest absolute Gasteiger partial charge is 0.385 e. The fourth-order valence-corrected chi connectivity index (χ4v) is 3.27. The Hall–Kier alpha value is -0.410. The molecule has 0 amide bonds. The predicted octanol–water partition coefficient (Wildman–Crippen LogP) is 4.38. The molecule has 1 N–H and O–H groups in total. The lowest BCUT2D eigenvalue weighted by atomic mass is 9.67. The molecular weight excluding hydrogens is 283 g/mol. The van der Waals surface area contributed by atoms with Gasteiger partial charge in [-0.15, -0.1) is 0 Å². The molecule has 0 heterocycles. The minimum atomic E-state index is -1.02. The summed E-state index contributed by atoms with van der Waals surface area (Å²) in [6.45, 7) is 4.26. The molecule has 1 aromatic carbocycles. The van der Waals surface area contributed by atoms with E-state index in [2.05, 4.69) is 29.8 Å². The maximum absolute atomic E-state index is 13.9. The van der Waals surface area contributed by atoms with Crippen molar-refractivity contribution >= 4 is 15.9 Å². The average molecular weight is 301 g/mol. The standard InChI is InChI=1S/C14H18BrFO/c1-13(2)6-3-7-14(17,9-13)11-8-10(15)4-5-12(11)16/h4-5,8,17H,3,6-7,9H2,1-2H3. The number of aliphatic hydroxyl groups is 1.